The molecule has 0 bridgehead atoms. The van der Waals surface area contributed by atoms with Crippen LogP contribution in [0.2, 0.25) is 0 Å². The van der Waals surface area contributed by atoms with Gasteiger partial charge in [-0.2, -0.15) is 0 Å². The van der Waals surface area contributed by atoms with E-state index in [9.17, 15) is 9.59 Å². The number of benzene rings is 1. The van der Waals surface area contributed by atoms with Crippen LogP contribution in [0.4, 0.5) is 4.79 Å². The molecule has 0 saturated carbocycles. The topological polar surface area (TPSA) is 58.6 Å². The van der Waals surface area contributed by atoms with Crippen molar-refractivity contribution in [3.8, 4) is 5.75 Å². The van der Waals surface area contributed by atoms with Gasteiger partial charge in [0.25, 0.3) is 5.24 Å². The van der Waals surface area contributed by atoms with Crippen molar-refractivity contribution in [2.45, 2.75) is 6.42 Å². The molecule has 1 aliphatic rings. The molecule has 1 aromatic carbocycles. The zero-order valence-electron chi connectivity index (χ0n) is 11.2. The first-order chi connectivity index (χ1) is 9.75. The predicted molar refractivity (Wildman–Crippen MR) is 79.0 cm³/mol. The Morgan fingerprint density at radius 1 is 1.35 bits per heavy atom. The maximum atomic E-state index is 11.6. The molecule has 1 aromatic rings. The van der Waals surface area contributed by atoms with Crippen LogP contribution < -0.4 is 10.1 Å². The van der Waals surface area contributed by atoms with Crippen LogP contribution in [-0.2, 0) is 4.79 Å². The van der Waals surface area contributed by atoms with Crippen molar-refractivity contribution in [3.05, 3.63) is 30.3 Å². The van der Waals surface area contributed by atoms with Crippen molar-refractivity contribution in [3.63, 3.8) is 0 Å². The van der Waals surface area contributed by atoms with E-state index in [-0.39, 0.29) is 11.1 Å². The average Bonchev–Trinajstić information content (AvgIpc) is 2.88. The van der Waals surface area contributed by atoms with Gasteiger partial charge in [-0.15, -0.1) is 0 Å². The number of amides is 2. The van der Waals surface area contributed by atoms with Crippen molar-refractivity contribution in [2.75, 3.05) is 32.0 Å². The molecule has 0 atom stereocenters. The minimum Gasteiger partial charge on any atom is -0.492 e. The van der Waals surface area contributed by atoms with Crippen LogP contribution in [0.15, 0.2) is 30.3 Å². The van der Waals surface area contributed by atoms with Crippen molar-refractivity contribution < 1.29 is 14.3 Å². The summed E-state index contributed by atoms with van der Waals surface area (Å²) in [4.78, 5) is 24.7. The highest BCUT2D eigenvalue weighted by atomic mass is 32.2. The molecule has 5 nitrogen and oxygen atoms in total. The molecular weight excluding hydrogens is 276 g/mol. The molecule has 20 heavy (non-hydrogen) atoms. The maximum absolute atomic E-state index is 11.6. The van der Waals surface area contributed by atoms with Gasteiger partial charge in [0.1, 0.15) is 12.4 Å². The maximum Gasteiger partial charge on any atom is 0.281 e. The number of thioether (sulfide) groups is 1. The number of carbonyl (C=O) groups is 2. The SMILES string of the molecule is O=C(CCN1CCSC1=O)NCCOc1ccccc1. The first kappa shape index (κ1) is 14.7. The van der Waals surface area contributed by atoms with Gasteiger partial charge in [0, 0.05) is 25.3 Å². The van der Waals surface area contributed by atoms with Crippen LogP contribution in [0.1, 0.15) is 6.42 Å². The summed E-state index contributed by atoms with van der Waals surface area (Å²) >= 11 is 1.31. The highest BCUT2D eigenvalue weighted by Gasteiger charge is 2.21. The summed E-state index contributed by atoms with van der Waals surface area (Å²) < 4.78 is 5.47. The van der Waals surface area contributed by atoms with E-state index in [4.69, 9.17) is 4.74 Å². The van der Waals surface area contributed by atoms with Crippen LogP contribution in [0.3, 0.4) is 0 Å². The van der Waals surface area contributed by atoms with E-state index in [0.717, 1.165) is 18.0 Å². The van der Waals surface area contributed by atoms with Crippen molar-refractivity contribution >= 4 is 22.9 Å². The fraction of sp³-hybridized carbons (Fsp3) is 0.429. The first-order valence-electron chi connectivity index (χ1n) is 6.62. The molecule has 0 aliphatic carbocycles. The lowest BCUT2D eigenvalue weighted by molar-refractivity contribution is -0.121. The number of para-hydroxylation sites is 1. The second kappa shape index (κ2) is 7.79. The van der Waals surface area contributed by atoms with E-state index >= 15 is 0 Å². The summed E-state index contributed by atoms with van der Waals surface area (Å²) in [5, 5.41) is 2.86. The van der Waals surface area contributed by atoms with E-state index in [1.807, 2.05) is 30.3 Å². The zero-order valence-corrected chi connectivity index (χ0v) is 12.0. The Hall–Kier alpha value is -1.69. The largest absolute Gasteiger partial charge is 0.492 e. The molecule has 1 aliphatic heterocycles. The smallest absolute Gasteiger partial charge is 0.281 e. The van der Waals surface area contributed by atoms with Gasteiger partial charge in [0.2, 0.25) is 5.91 Å². The lowest BCUT2D eigenvalue weighted by Gasteiger charge is -2.14. The monoisotopic (exact) mass is 294 g/mol. The molecule has 0 unspecified atom stereocenters. The third-order valence-electron chi connectivity index (χ3n) is 2.89. The summed E-state index contributed by atoms with van der Waals surface area (Å²) in [5.41, 5.74) is 0. The Kier molecular flexibility index (Phi) is 5.73. The Balaban J connectivity index is 1.55. The second-order valence-electron chi connectivity index (χ2n) is 4.36. The third kappa shape index (κ3) is 4.77. The van der Waals surface area contributed by atoms with E-state index in [0.29, 0.717) is 26.1 Å². The number of nitrogens with one attached hydrogen (secondary N) is 1. The highest BCUT2D eigenvalue weighted by Crippen LogP contribution is 2.16. The molecule has 0 spiro atoms. The molecule has 108 valence electrons. The Morgan fingerprint density at radius 2 is 2.15 bits per heavy atom. The van der Waals surface area contributed by atoms with Gasteiger partial charge in [0.15, 0.2) is 0 Å². The number of rotatable bonds is 7. The third-order valence-corrected chi connectivity index (χ3v) is 3.78. The number of ether oxygens (including phenoxy) is 1. The molecule has 2 amide bonds. The van der Waals surface area contributed by atoms with Crippen molar-refractivity contribution in [1.29, 1.82) is 0 Å². The summed E-state index contributed by atoms with van der Waals surface area (Å²) in [6, 6.07) is 9.47. The molecule has 1 saturated heterocycles. The summed E-state index contributed by atoms with van der Waals surface area (Å²) in [5.74, 6) is 1.57. The quantitative estimate of drug-likeness (QED) is 0.778. The van der Waals surface area contributed by atoms with E-state index in [1.165, 1.54) is 11.8 Å². The number of hydrogen-bond donors (Lipinski definition) is 1. The molecule has 2 rings (SSSR count). The minimum absolute atomic E-state index is 0.0497. The van der Waals surface area contributed by atoms with Gasteiger partial charge in [-0.3, -0.25) is 9.59 Å². The summed E-state index contributed by atoms with van der Waals surface area (Å²) in [7, 11) is 0. The van der Waals surface area contributed by atoms with Crippen LogP contribution in [-0.4, -0.2) is 48.0 Å². The molecular formula is C14H18N2O3S. The van der Waals surface area contributed by atoms with Crippen LogP contribution in [0.25, 0.3) is 0 Å². The summed E-state index contributed by atoms with van der Waals surface area (Å²) in [6.07, 6.45) is 0.345. The summed E-state index contributed by atoms with van der Waals surface area (Å²) in [6.45, 7) is 2.15. The van der Waals surface area contributed by atoms with E-state index in [2.05, 4.69) is 5.32 Å². The van der Waals surface area contributed by atoms with Gasteiger partial charge >= 0.3 is 0 Å². The molecule has 1 N–H and O–H groups in total. The second-order valence-corrected chi connectivity index (χ2v) is 5.41. The van der Waals surface area contributed by atoms with Gasteiger partial charge < -0.3 is 15.0 Å². The fourth-order valence-corrected chi connectivity index (χ4v) is 2.68. The molecule has 6 heteroatoms. The Labute approximate surface area is 122 Å². The zero-order chi connectivity index (χ0) is 14.2. The Morgan fingerprint density at radius 3 is 2.85 bits per heavy atom. The van der Waals surface area contributed by atoms with Crippen LogP contribution in [0, 0.1) is 0 Å². The highest BCUT2D eigenvalue weighted by molar-refractivity contribution is 8.13. The molecule has 1 heterocycles. The van der Waals surface area contributed by atoms with Crippen molar-refractivity contribution in [1.82, 2.24) is 10.2 Å². The lowest BCUT2D eigenvalue weighted by Crippen LogP contribution is -2.32. The lowest BCUT2D eigenvalue weighted by atomic mass is 10.3. The van der Waals surface area contributed by atoms with Gasteiger partial charge in [-0.1, -0.05) is 30.0 Å². The molecule has 1 fully saturated rings. The predicted octanol–water partition coefficient (Wildman–Crippen LogP) is 1.74. The normalized spacial score (nSPS) is 14.4. The standard InChI is InChI=1S/C14H18N2O3S/c17-13(6-8-16-9-11-20-14(16)18)15-7-10-19-12-4-2-1-3-5-12/h1-5H,6-11H2,(H,15,17). The van der Waals surface area contributed by atoms with Gasteiger partial charge in [0.05, 0.1) is 6.54 Å². The van der Waals surface area contributed by atoms with E-state index in [1.54, 1.807) is 4.90 Å². The molecule has 0 aromatic heterocycles. The molecule has 0 radical (unpaired) electrons. The number of hydrogen-bond acceptors (Lipinski definition) is 4. The minimum atomic E-state index is -0.0497. The Bertz CT molecular complexity index is 453. The average molecular weight is 294 g/mol. The van der Waals surface area contributed by atoms with Gasteiger partial charge in [-0.25, -0.2) is 0 Å². The first-order valence-corrected chi connectivity index (χ1v) is 7.60. The van der Waals surface area contributed by atoms with Crippen LogP contribution in [0.5, 0.6) is 5.75 Å². The number of nitrogens with zero attached hydrogens (tertiary/aromatic N) is 1. The number of carbonyl (C=O) groups excluding carboxylic acids is 2. The van der Waals surface area contributed by atoms with Crippen LogP contribution >= 0.6 is 11.8 Å². The van der Waals surface area contributed by atoms with Crippen molar-refractivity contribution in [2.24, 2.45) is 0 Å². The van der Waals surface area contributed by atoms with E-state index < -0.39 is 0 Å². The van der Waals surface area contributed by atoms with Gasteiger partial charge in [-0.05, 0) is 12.1 Å². The fourth-order valence-electron chi connectivity index (χ4n) is 1.83.